The molecule has 0 aliphatic carbocycles. The average Bonchev–Trinajstić information content (AvgIpc) is 2.06. The fourth-order valence-corrected chi connectivity index (χ4v) is 1.13. The Morgan fingerprint density at radius 2 is 2.23 bits per heavy atom. The number of H-pyrrole nitrogens is 1. The standard InChI is InChI=1S/C8H6FN3O/c9-8-11-6-2-1-4(10)3-5(6)7(13)12-8/h1-3H,10H2,(H,11,12,13). The highest BCUT2D eigenvalue weighted by Crippen LogP contribution is 2.10. The van der Waals surface area contributed by atoms with E-state index < -0.39 is 11.6 Å². The molecule has 0 saturated carbocycles. The zero-order valence-electron chi connectivity index (χ0n) is 6.54. The van der Waals surface area contributed by atoms with Gasteiger partial charge in [0.05, 0.1) is 10.9 Å². The molecule has 1 heterocycles. The molecular formula is C8H6FN3O. The third-order valence-electron chi connectivity index (χ3n) is 1.70. The van der Waals surface area contributed by atoms with E-state index in [1.807, 2.05) is 4.98 Å². The van der Waals surface area contributed by atoms with E-state index >= 15 is 0 Å². The van der Waals surface area contributed by atoms with Crippen molar-refractivity contribution in [3.63, 3.8) is 0 Å². The molecule has 0 radical (unpaired) electrons. The maximum Gasteiger partial charge on any atom is 0.289 e. The van der Waals surface area contributed by atoms with Gasteiger partial charge in [-0.1, -0.05) is 0 Å². The molecule has 13 heavy (non-hydrogen) atoms. The minimum atomic E-state index is -0.887. The molecule has 4 nitrogen and oxygen atoms in total. The van der Waals surface area contributed by atoms with Crippen LogP contribution in [-0.4, -0.2) is 9.97 Å². The van der Waals surface area contributed by atoms with E-state index in [1.54, 1.807) is 6.07 Å². The Morgan fingerprint density at radius 1 is 1.46 bits per heavy atom. The van der Waals surface area contributed by atoms with Crippen LogP contribution >= 0.6 is 0 Å². The van der Waals surface area contributed by atoms with Crippen molar-refractivity contribution in [2.45, 2.75) is 0 Å². The second-order valence-corrected chi connectivity index (χ2v) is 2.63. The Morgan fingerprint density at radius 3 is 3.00 bits per heavy atom. The summed E-state index contributed by atoms with van der Waals surface area (Å²) >= 11 is 0. The fourth-order valence-electron chi connectivity index (χ4n) is 1.13. The minimum absolute atomic E-state index is 0.293. The monoisotopic (exact) mass is 179 g/mol. The third-order valence-corrected chi connectivity index (χ3v) is 1.70. The molecule has 0 spiro atoms. The molecule has 0 bridgehead atoms. The molecule has 3 N–H and O–H groups in total. The van der Waals surface area contributed by atoms with Crippen LogP contribution in [0.25, 0.3) is 10.9 Å². The molecule has 0 aliphatic rings. The van der Waals surface area contributed by atoms with E-state index in [0.717, 1.165) is 0 Å². The van der Waals surface area contributed by atoms with Crippen molar-refractivity contribution in [1.82, 2.24) is 9.97 Å². The van der Waals surface area contributed by atoms with Gasteiger partial charge in [0.25, 0.3) is 11.6 Å². The lowest BCUT2D eigenvalue weighted by molar-refractivity contribution is 0.541. The Hall–Kier alpha value is -1.91. The van der Waals surface area contributed by atoms with Gasteiger partial charge in [0, 0.05) is 5.69 Å². The zero-order valence-corrected chi connectivity index (χ0v) is 6.54. The summed E-state index contributed by atoms with van der Waals surface area (Å²) in [6.45, 7) is 0. The van der Waals surface area contributed by atoms with Crippen molar-refractivity contribution >= 4 is 16.6 Å². The molecule has 0 saturated heterocycles. The quantitative estimate of drug-likeness (QED) is 0.460. The van der Waals surface area contributed by atoms with Crippen LogP contribution < -0.4 is 11.3 Å². The molecule has 0 aliphatic heterocycles. The van der Waals surface area contributed by atoms with Crippen LogP contribution in [0.1, 0.15) is 0 Å². The van der Waals surface area contributed by atoms with Crippen molar-refractivity contribution in [2.24, 2.45) is 0 Å². The molecule has 2 rings (SSSR count). The number of nitrogen functional groups attached to an aromatic ring is 1. The van der Waals surface area contributed by atoms with E-state index in [1.165, 1.54) is 12.1 Å². The van der Waals surface area contributed by atoms with Gasteiger partial charge in [-0.15, -0.1) is 0 Å². The first-order valence-corrected chi connectivity index (χ1v) is 3.62. The van der Waals surface area contributed by atoms with Crippen LogP contribution in [0.4, 0.5) is 10.1 Å². The zero-order chi connectivity index (χ0) is 9.42. The van der Waals surface area contributed by atoms with Crippen LogP contribution in [0.15, 0.2) is 23.0 Å². The lowest BCUT2D eigenvalue weighted by Gasteiger charge is -1.97. The van der Waals surface area contributed by atoms with E-state index in [9.17, 15) is 9.18 Å². The van der Waals surface area contributed by atoms with Gasteiger partial charge in [-0.2, -0.15) is 4.39 Å². The maximum atomic E-state index is 12.6. The summed E-state index contributed by atoms with van der Waals surface area (Å²) in [5.74, 6) is 0. The molecule has 0 amide bonds. The van der Waals surface area contributed by atoms with Gasteiger partial charge in [0.15, 0.2) is 0 Å². The number of fused-ring (bicyclic) bond motifs is 1. The molecule has 0 atom stereocenters. The molecule has 2 aromatic rings. The highest BCUT2D eigenvalue weighted by Gasteiger charge is 2.02. The first-order chi connectivity index (χ1) is 6.16. The topological polar surface area (TPSA) is 71.8 Å². The lowest BCUT2D eigenvalue weighted by Crippen LogP contribution is -2.10. The number of rotatable bonds is 0. The molecule has 1 aromatic carbocycles. The van der Waals surface area contributed by atoms with Gasteiger partial charge in [0.2, 0.25) is 0 Å². The number of aromatic amines is 1. The summed E-state index contributed by atoms with van der Waals surface area (Å²) in [5, 5.41) is 0.293. The molecule has 1 aromatic heterocycles. The maximum absolute atomic E-state index is 12.6. The first-order valence-electron chi connectivity index (χ1n) is 3.62. The SMILES string of the molecule is Nc1ccc2nc(F)[nH]c(=O)c2c1. The normalized spacial score (nSPS) is 10.5. The van der Waals surface area contributed by atoms with Crippen LogP contribution in [-0.2, 0) is 0 Å². The van der Waals surface area contributed by atoms with Gasteiger partial charge in [-0.05, 0) is 18.2 Å². The molecular weight excluding hydrogens is 173 g/mol. The number of hydrogen-bond acceptors (Lipinski definition) is 3. The van der Waals surface area contributed by atoms with E-state index in [4.69, 9.17) is 5.73 Å². The predicted molar refractivity (Wildman–Crippen MR) is 46.7 cm³/mol. The minimum Gasteiger partial charge on any atom is -0.399 e. The van der Waals surface area contributed by atoms with E-state index in [0.29, 0.717) is 16.6 Å². The summed E-state index contributed by atoms with van der Waals surface area (Å²) in [5.41, 5.74) is 5.69. The van der Waals surface area contributed by atoms with E-state index in [-0.39, 0.29) is 0 Å². The predicted octanol–water partition coefficient (Wildman–Crippen LogP) is 0.644. The summed E-state index contributed by atoms with van der Waals surface area (Å²) in [7, 11) is 0. The Labute approximate surface area is 72.2 Å². The highest BCUT2D eigenvalue weighted by atomic mass is 19.1. The number of anilines is 1. The highest BCUT2D eigenvalue weighted by molar-refractivity contribution is 5.80. The van der Waals surface area contributed by atoms with E-state index in [2.05, 4.69) is 4.98 Å². The summed E-state index contributed by atoms with van der Waals surface area (Å²) in [6.07, 6.45) is -0.887. The second-order valence-electron chi connectivity index (χ2n) is 2.63. The number of nitrogens with zero attached hydrogens (tertiary/aromatic N) is 1. The Kier molecular flexibility index (Phi) is 1.51. The summed E-state index contributed by atoms with van der Waals surface area (Å²) in [6, 6.07) is 4.53. The van der Waals surface area contributed by atoms with Crippen molar-refractivity contribution in [1.29, 1.82) is 0 Å². The Balaban J connectivity index is 2.95. The number of hydrogen-bond donors (Lipinski definition) is 2. The van der Waals surface area contributed by atoms with Crippen molar-refractivity contribution in [3.8, 4) is 0 Å². The number of nitrogens with one attached hydrogen (secondary N) is 1. The fraction of sp³-hybridized carbons (Fsp3) is 0. The van der Waals surface area contributed by atoms with Gasteiger partial charge in [-0.3, -0.25) is 9.78 Å². The van der Waals surface area contributed by atoms with Crippen LogP contribution in [0.3, 0.4) is 0 Å². The first kappa shape index (κ1) is 7.72. The van der Waals surface area contributed by atoms with Gasteiger partial charge in [0.1, 0.15) is 0 Å². The van der Waals surface area contributed by atoms with Crippen molar-refractivity contribution in [2.75, 3.05) is 5.73 Å². The number of benzene rings is 1. The molecule has 0 unspecified atom stereocenters. The Bertz CT molecular complexity index is 520. The van der Waals surface area contributed by atoms with Crippen LogP contribution in [0, 0.1) is 6.08 Å². The average molecular weight is 179 g/mol. The lowest BCUT2D eigenvalue weighted by atomic mass is 10.2. The summed E-state index contributed by atoms with van der Waals surface area (Å²) < 4.78 is 12.6. The van der Waals surface area contributed by atoms with Gasteiger partial charge in [-0.25, -0.2) is 4.98 Å². The van der Waals surface area contributed by atoms with Crippen LogP contribution in [0.5, 0.6) is 0 Å². The smallest absolute Gasteiger partial charge is 0.289 e. The van der Waals surface area contributed by atoms with Crippen LogP contribution in [0.2, 0.25) is 0 Å². The number of aromatic nitrogens is 2. The van der Waals surface area contributed by atoms with Gasteiger partial charge >= 0.3 is 0 Å². The largest absolute Gasteiger partial charge is 0.399 e. The second kappa shape index (κ2) is 2.55. The molecule has 0 fully saturated rings. The third kappa shape index (κ3) is 1.24. The summed E-state index contributed by atoms with van der Waals surface area (Å²) in [4.78, 5) is 16.6. The number of halogens is 1. The molecule has 66 valence electrons. The van der Waals surface area contributed by atoms with Gasteiger partial charge < -0.3 is 5.73 Å². The van der Waals surface area contributed by atoms with Crippen molar-refractivity contribution in [3.05, 3.63) is 34.6 Å². The number of nitrogens with two attached hydrogens (primary N) is 1. The molecule has 5 heteroatoms. The van der Waals surface area contributed by atoms with Crippen molar-refractivity contribution < 1.29 is 4.39 Å².